The second-order valence-corrected chi connectivity index (χ2v) is 8.83. The first kappa shape index (κ1) is 26.6. The Labute approximate surface area is 207 Å². The molecule has 0 amide bonds. The van der Waals surface area contributed by atoms with Crippen molar-refractivity contribution in [3.8, 4) is 17.1 Å². The van der Waals surface area contributed by atoms with Gasteiger partial charge in [-0.05, 0) is 51.7 Å². The summed E-state index contributed by atoms with van der Waals surface area (Å²) in [6.07, 6.45) is 7.05. The minimum atomic E-state index is -0.159. The molecule has 3 aromatic rings. The highest BCUT2D eigenvalue weighted by molar-refractivity contribution is 5.80. The number of nitrogens with zero attached hydrogens (tertiary/aromatic N) is 4. The summed E-state index contributed by atoms with van der Waals surface area (Å²) in [7, 11) is 1.58. The van der Waals surface area contributed by atoms with Crippen molar-refractivity contribution in [2.45, 2.75) is 71.5 Å². The van der Waals surface area contributed by atoms with E-state index >= 15 is 0 Å². The molecule has 3 N–H and O–H groups in total. The van der Waals surface area contributed by atoms with Crippen LogP contribution in [0.5, 0.6) is 5.88 Å². The Kier molecular flexibility index (Phi) is 9.17. The number of nitrogens with one attached hydrogen (secondary N) is 1. The van der Waals surface area contributed by atoms with Crippen LogP contribution in [0.4, 0.5) is 5.82 Å². The smallest absolute Gasteiger partial charge is 0.293 e. The largest absolute Gasteiger partial charge is 0.481 e. The van der Waals surface area contributed by atoms with Crippen LogP contribution in [0.15, 0.2) is 35.4 Å². The SMILES string of the molecule is CC.CCOCCn1c(=O)c(NC2CCC(C)(N)CC2)nc2cnc(-c3ccc(OC)nc3)cc21. The molecule has 4 rings (SSSR count). The molecule has 9 heteroatoms. The second kappa shape index (κ2) is 12.1. The number of pyridine rings is 2. The quantitative estimate of drug-likeness (QED) is 0.463. The molecule has 1 aliphatic rings. The Morgan fingerprint density at radius 3 is 2.57 bits per heavy atom. The van der Waals surface area contributed by atoms with E-state index in [1.165, 1.54) is 0 Å². The summed E-state index contributed by atoms with van der Waals surface area (Å²) in [4.78, 5) is 26.9. The number of nitrogens with two attached hydrogens (primary N) is 1. The highest BCUT2D eigenvalue weighted by Gasteiger charge is 2.28. The van der Waals surface area contributed by atoms with Gasteiger partial charge in [-0.3, -0.25) is 9.78 Å². The topological polar surface area (TPSA) is 117 Å². The first-order valence-corrected chi connectivity index (χ1v) is 12.4. The molecule has 0 bridgehead atoms. The number of methoxy groups -OCH3 is 1. The van der Waals surface area contributed by atoms with Gasteiger partial charge in [0.2, 0.25) is 5.88 Å². The van der Waals surface area contributed by atoms with Gasteiger partial charge in [-0.15, -0.1) is 0 Å². The zero-order chi connectivity index (χ0) is 25.4. The number of hydrogen-bond acceptors (Lipinski definition) is 8. The lowest BCUT2D eigenvalue weighted by Gasteiger charge is -2.34. The zero-order valence-corrected chi connectivity index (χ0v) is 21.5. The fraction of sp³-hybridized carbons (Fsp3) is 0.538. The van der Waals surface area contributed by atoms with Crippen molar-refractivity contribution in [2.24, 2.45) is 5.73 Å². The van der Waals surface area contributed by atoms with Crippen molar-refractivity contribution in [3.05, 3.63) is 40.9 Å². The van der Waals surface area contributed by atoms with E-state index in [4.69, 9.17) is 15.2 Å². The molecule has 0 atom stereocenters. The van der Waals surface area contributed by atoms with Crippen LogP contribution >= 0.6 is 0 Å². The van der Waals surface area contributed by atoms with Gasteiger partial charge in [-0.1, -0.05) is 13.8 Å². The maximum absolute atomic E-state index is 13.4. The number of ether oxygens (including phenoxy) is 2. The highest BCUT2D eigenvalue weighted by Crippen LogP contribution is 2.27. The van der Waals surface area contributed by atoms with Crippen molar-refractivity contribution in [2.75, 3.05) is 25.6 Å². The maximum atomic E-state index is 13.4. The van der Waals surface area contributed by atoms with Crippen LogP contribution in [0.3, 0.4) is 0 Å². The molecule has 3 heterocycles. The van der Waals surface area contributed by atoms with Crippen LogP contribution in [0.25, 0.3) is 22.3 Å². The average molecular weight is 483 g/mol. The average Bonchev–Trinajstić information content (AvgIpc) is 2.88. The number of fused-ring (bicyclic) bond motifs is 1. The van der Waals surface area contributed by atoms with Crippen LogP contribution in [0.1, 0.15) is 53.4 Å². The van der Waals surface area contributed by atoms with Gasteiger partial charge in [0.25, 0.3) is 5.56 Å². The van der Waals surface area contributed by atoms with Crippen molar-refractivity contribution in [1.29, 1.82) is 0 Å². The minimum absolute atomic E-state index is 0.136. The molecule has 9 nitrogen and oxygen atoms in total. The third-order valence-corrected chi connectivity index (χ3v) is 6.21. The third-order valence-electron chi connectivity index (χ3n) is 6.21. The number of anilines is 1. The lowest BCUT2D eigenvalue weighted by atomic mass is 9.82. The van der Waals surface area contributed by atoms with Gasteiger partial charge < -0.3 is 25.1 Å². The van der Waals surface area contributed by atoms with Gasteiger partial charge in [0.15, 0.2) is 5.82 Å². The van der Waals surface area contributed by atoms with Crippen molar-refractivity contribution in [1.82, 2.24) is 19.5 Å². The summed E-state index contributed by atoms with van der Waals surface area (Å²) in [5, 5.41) is 3.38. The highest BCUT2D eigenvalue weighted by atomic mass is 16.5. The predicted octanol–water partition coefficient (Wildman–Crippen LogP) is 4.00. The number of hydrogen-bond donors (Lipinski definition) is 2. The number of aromatic nitrogens is 4. The zero-order valence-electron chi connectivity index (χ0n) is 21.5. The summed E-state index contributed by atoms with van der Waals surface area (Å²) in [6, 6.07) is 5.73. The molecule has 3 aromatic heterocycles. The van der Waals surface area contributed by atoms with Gasteiger partial charge >= 0.3 is 0 Å². The Hall–Kier alpha value is -3.04. The molecule has 0 unspecified atom stereocenters. The third kappa shape index (κ3) is 6.55. The second-order valence-electron chi connectivity index (χ2n) is 8.83. The Morgan fingerprint density at radius 2 is 1.94 bits per heavy atom. The Morgan fingerprint density at radius 1 is 1.20 bits per heavy atom. The van der Waals surface area contributed by atoms with Crippen molar-refractivity contribution < 1.29 is 9.47 Å². The first-order valence-electron chi connectivity index (χ1n) is 12.4. The van der Waals surface area contributed by atoms with E-state index in [-0.39, 0.29) is 17.1 Å². The van der Waals surface area contributed by atoms with E-state index < -0.39 is 0 Å². The molecule has 0 radical (unpaired) electrons. The summed E-state index contributed by atoms with van der Waals surface area (Å²) in [5.74, 6) is 0.883. The minimum Gasteiger partial charge on any atom is -0.481 e. The first-order chi connectivity index (χ1) is 16.9. The maximum Gasteiger partial charge on any atom is 0.293 e. The van der Waals surface area contributed by atoms with Gasteiger partial charge in [-0.2, -0.15) is 0 Å². The molecule has 0 aromatic carbocycles. The van der Waals surface area contributed by atoms with Crippen LogP contribution < -0.4 is 21.3 Å². The van der Waals surface area contributed by atoms with E-state index in [9.17, 15) is 4.79 Å². The van der Waals surface area contributed by atoms with Gasteiger partial charge in [0.1, 0.15) is 5.52 Å². The molecule has 190 valence electrons. The predicted molar refractivity (Wildman–Crippen MR) is 140 cm³/mol. The summed E-state index contributed by atoms with van der Waals surface area (Å²) in [5.41, 5.74) is 8.87. The molecule has 1 saturated carbocycles. The monoisotopic (exact) mass is 482 g/mol. The fourth-order valence-electron chi connectivity index (χ4n) is 4.19. The van der Waals surface area contributed by atoms with Gasteiger partial charge in [0, 0.05) is 42.6 Å². The van der Waals surface area contributed by atoms with Crippen LogP contribution in [0.2, 0.25) is 0 Å². The van der Waals surface area contributed by atoms with Crippen LogP contribution in [-0.4, -0.2) is 51.4 Å². The molecule has 1 fully saturated rings. The molecule has 1 aliphatic carbocycles. The molecule has 0 saturated heterocycles. The van der Waals surface area contributed by atoms with Crippen LogP contribution in [-0.2, 0) is 11.3 Å². The van der Waals surface area contributed by atoms with Gasteiger partial charge in [-0.25, -0.2) is 9.97 Å². The van der Waals surface area contributed by atoms with E-state index in [0.717, 1.165) is 31.2 Å². The van der Waals surface area contributed by atoms with E-state index in [2.05, 4.69) is 27.2 Å². The van der Waals surface area contributed by atoms with E-state index in [1.54, 1.807) is 30.1 Å². The Bertz CT molecular complexity index is 1150. The molecule has 0 spiro atoms. The normalized spacial score (nSPS) is 19.7. The summed E-state index contributed by atoms with van der Waals surface area (Å²) in [6.45, 7) is 9.47. The van der Waals surface area contributed by atoms with Gasteiger partial charge in [0.05, 0.1) is 31.1 Å². The molecular weight excluding hydrogens is 444 g/mol. The van der Waals surface area contributed by atoms with E-state index in [0.29, 0.717) is 48.2 Å². The van der Waals surface area contributed by atoms with Crippen LogP contribution in [0, 0.1) is 0 Å². The lowest BCUT2D eigenvalue weighted by molar-refractivity contribution is 0.139. The van der Waals surface area contributed by atoms with Crippen molar-refractivity contribution in [3.63, 3.8) is 0 Å². The molecular formula is C26H38N6O3. The standard InChI is InChI=1S/C24H32N6O3.C2H6/c1-4-33-12-11-30-20-13-18(16-5-6-21(32-3)27-14-16)26-15-19(20)29-22(23(30)31)28-17-7-9-24(2,25)10-8-17;1-2/h5-6,13-15,17H,4,7-12,25H2,1-3H3,(H,28,29);1-2H3. The number of rotatable bonds is 8. The Balaban J connectivity index is 0.00000167. The fourth-order valence-corrected chi connectivity index (χ4v) is 4.19. The molecule has 35 heavy (non-hydrogen) atoms. The summed E-state index contributed by atoms with van der Waals surface area (Å²) >= 11 is 0. The van der Waals surface area contributed by atoms with E-state index in [1.807, 2.05) is 32.9 Å². The summed E-state index contributed by atoms with van der Waals surface area (Å²) < 4.78 is 12.4. The molecule has 0 aliphatic heterocycles. The lowest BCUT2D eigenvalue weighted by Crippen LogP contribution is -2.43. The van der Waals surface area contributed by atoms with Crippen molar-refractivity contribution >= 4 is 16.9 Å².